The number of ether oxygens (including phenoxy) is 1. The van der Waals surface area contributed by atoms with E-state index in [-0.39, 0.29) is 18.6 Å². The molecule has 0 aliphatic heterocycles. The zero-order chi connectivity index (χ0) is 13.5. The quantitative estimate of drug-likeness (QED) is 0.817. The zero-order valence-electron chi connectivity index (χ0n) is 10.3. The van der Waals surface area contributed by atoms with Gasteiger partial charge in [0.2, 0.25) is 5.91 Å². The van der Waals surface area contributed by atoms with Gasteiger partial charge < -0.3 is 15.2 Å². The van der Waals surface area contributed by atoms with Crippen LogP contribution in [0.3, 0.4) is 0 Å². The van der Waals surface area contributed by atoms with E-state index in [1.165, 1.54) is 6.08 Å². The lowest BCUT2D eigenvalue weighted by atomic mass is 10.2. The molecule has 1 aromatic rings. The summed E-state index contributed by atoms with van der Waals surface area (Å²) in [6, 6.07) is 5.28. The summed E-state index contributed by atoms with van der Waals surface area (Å²) in [4.78, 5) is 11.5. The van der Waals surface area contributed by atoms with Crippen molar-refractivity contribution in [2.75, 3.05) is 13.7 Å². The maximum absolute atomic E-state index is 11.5. The highest BCUT2D eigenvalue weighted by atomic mass is 79.9. The minimum Gasteiger partial charge on any atom is -0.496 e. The van der Waals surface area contributed by atoms with Crippen LogP contribution in [0.15, 0.2) is 28.7 Å². The Labute approximate surface area is 115 Å². The molecule has 0 saturated carbocycles. The van der Waals surface area contributed by atoms with Crippen molar-refractivity contribution in [3.05, 3.63) is 34.3 Å². The topological polar surface area (TPSA) is 58.6 Å². The number of carbonyl (C=O) groups is 1. The van der Waals surface area contributed by atoms with E-state index in [0.717, 1.165) is 10.0 Å². The molecule has 0 aliphatic carbocycles. The summed E-state index contributed by atoms with van der Waals surface area (Å²) in [5.74, 6) is 0.441. The first-order valence-corrected chi connectivity index (χ1v) is 6.29. The molecule has 0 radical (unpaired) electrons. The number of hydrogen-bond acceptors (Lipinski definition) is 3. The van der Waals surface area contributed by atoms with E-state index in [9.17, 15) is 4.79 Å². The Bertz CT molecular complexity index is 446. The van der Waals surface area contributed by atoms with E-state index in [2.05, 4.69) is 21.2 Å². The Morgan fingerprint density at radius 2 is 2.33 bits per heavy atom. The summed E-state index contributed by atoms with van der Waals surface area (Å²) >= 11 is 3.36. The maximum Gasteiger partial charge on any atom is 0.244 e. The summed E-state index contributed by atoms with van der Waals surface area (Å²) in [5, 5.41) is 11.4. The number of methoxy groups -OCH3 is 1. The van der Waals surface area contributed by atoms with Crippen LogP contribution in [-0.4, -0.2) is 30.8 Å². The molecule has 98 valence electrons. The van der Waals surface area contributed by atoms with Crippen molar-refractivity contribution in [3.63, 3.8) is 0 Å². The van der Waals surface area contributed by atoms with Gasteiger partial charge in [0.05, 0.1) is 13.7 Å². The van der Waals surface area contributed by atoms with Gasteiger partial charge in [-0.1, -0.05) is 15.9 Å². The number of amides is 1. The highest BCUT2D eigenvalue weighted by Crippen LogP contribution is 2.23. The number of halogens is 1. The molecule has 18 heavy (non-hydrogen) atoms. The van der Waals surface area contributed by atoms with Crippen molar-refractivity contribution < 1.29 is 14.6 Å². The number of carbonyl (C=O) groups excluding carboxylic acids is 1. The Morgan fingerprint density at radius 3 is 2.94 bits per heavy atom. The van der Waals surface area contributed by atoms with Gasteiger partial charge in [-0.3, -0.25) is 4.79 Å². The lowest BCUT2D eigenvalue weighted by molar-refractivity contribution is -0.117. The average Bonchev–Trinajstić information content (AvgIpc) is 2.36. The summed E-state index contributed by atoms with van der Waals surface area (Å²) < 4.78 is 6.10. The van der Waals surface area contributed by atoms with E-state index in [1.807, 2.05) is 18.2 Å². The lowest BCUT2D eigenvalue weighted by Gasteiger charge is -2.08. The molecule has 0 heterocycles. The molecular weight excluding hydrogens is 298 g/mol. The second-order valence-corrected chi connectivity index (χ2v) is 4.73. The molecular formula is C13H16BrNO3. The molecule has 0 saturated heterocycles. The summed E-state index contributed by atoms with van der Waals surface area (Å²) in [5.41, 5.74) is 0.804. The molecule has 0 fully saturated rings. The van der Waals surface area contributed by atoms with E-state index in [1.54, 1.807) is 20.1 Å². The number of aliphatic hydroxyl groups is 1. The Kier molecular flexibility index (Phi) is 5.88. The Hall–Kier alpha value is -1.33. The molecule has 1 atom stereocenters. The van der Waals surface area contributed by atoms with Crippen molar-refractivity contribution in [1.29, 1.82) is 0 Å². The molecule has 4 nitrogen and oxygen atoms in total. The second kappa shape index (κ2) is 7.18. The van der Waals surface area contributed by atoms with Gasteiger partial charge in [-0.05, 0) is 31.2 Å². The van der Waals surface area contributed by atoms with Crippen LogP contribution < -0.4 is 10.1 Å². The summed E-state index contributed by atoms with van der Waals surface area (Å²) in [6.45, 7) is 1.64. The number of rotatable bonds is 5. The fraction of sp³-hybridized carbons (Fsp3) is 0.308. The monoisotopic (exact) mass is 313 g/mol. The summed E-state index contributed by atoms with van der Waals surface area (Å²) in [7, 11) is 1.58. The number of hydrogen-bond donors (Lipinski definition) is 2. The fourth-order valence-corrected chi connectivity index (χ4v) is 1.72. The Morgan fingerprint density at radius 1 is 1.61 bits per heavy atom. The van der Waals surface area contributed by atoms with Crippen molar-refractivity contribution in [2.45, 2.75) is 13.0 Å². The van der Waals surface area contributed by atoms with E-state index in [0.29, 0.717) is 5.75 Å². The van der Waals surface area contributed by atoms with Gasteiger partial charge in [0.15, 0.2) is 0 Å². The van der Waals surface area contributed by atoms with Gasteiger partial charge in [0.1, 0.15) is 5.75 Å². The van der Waals surface area contributed by atoms with Gasteiger partial charge in [0, 0.05) is 22.2 Å². The van der Waals surface area contributed by atoms with E-state index >= 15 is 0 Å². The van der Waals surface area contributed by atoms with E-state index in [4.69, 9.17) is 9.84 Å². The molecule has 0 aromatic heterocycles. The SMILES string of the molecule is COc1ccc(Br)cc1/C=C/C(=O)NC(C)CO. The van der Waals surface area contributed by atoms with Crippen LogP contribution in [-0.2, 0) is 4.79 Å². The van der Waals surface area contributed by atoms with Crippen LogP contribution in [0.2, 0.25) is 0 Å². The average molecular weight is 314 g/mol. The largest absolute Gasteiger partial charge is 0.496 e. The van der Waals surface area contributed by atoms with E-state index < -0.39 is 0 Å². The zero-order valence-corrected chi connectivity index (χ0v) is 11.9. The number of aliphatic hydroxyl groups excluding tert-OH is 1. The van der Waals surface area contributed by atoms with Crippen LogP contribution in [0.25, 0.3) is 6.08 Å². The van der Waals surface area contributed by atoms with Crippen molar-refractivity contribution in [3.8, 4) is 5.75 Å². The minimum atomic E-state index is -0.258. The maximum atomic E-state index is 11.5. The molecule has 1 rings (SSSR count). The molecule has 2 N–H and O–H groups in total. The van der Waals surface area contributed by atoms with Gasteiger partial charge >= 0.3 is 0 Å². The summed E-state index contributed by atoms with van der Waals surface area (Å²) in [6.07, 6.45) is 3.08. The normalized spacial score (nSPS) is 12.4. The number of nitrogens with one attached hydrogen (secondary N) is 1. The van der Waals surface area contributed by atoms with Gasteiger partial charge in [-0.15, -0.1) is 0 Å². The minimum absolute atomic E-state index is 0.0835. The highest BCUT2D eigenvalue weighted by molar-refractivity contribution is 9.10. The Balaban J connectivity index is 2.77. The van der Waals surface area contributed by atoms with Crippen LogP contribution >= 0.6 is 15.9 Å². The van der Waals surface area contributed by atoms with Crippen molar-refractivity contribution in [2.24, 2.45) is 0 Å². The fourth-order valence-electron chi connectivity index (χ4n) is 1.34. The molecule has 1 unspecified atom stereocenters. The first kappa shape index (κ1) is 14.7. The second-order valence-electron chi connectivity index (χ2n) is 3.81. The van der Waals surface area contributed by atoms with Gasteiger partial charge in [-0.25, -0.2) is 0 Å². The first-order valence-electron chi connectivity index (χ1n) is 5.49. The van der Waals surface area contributed by atoms with Crippen LogP contribution in [0, 0.1) is 0 Å². The molecule has 1 amide bonds. The molecule has 5 heteroatoms. The highest BCUT2D eigenvalue weighted by Gasteiger charge is 2.04. The van der Waals surface area contributed by atoms with Crippen molar-refractivity contribution >= 4 is 27.9 Å². The van der Waals surface area contributed by atoms with Gasteiger partial charge in [0.25, 0.3) is 0 Å². The molecule has 1 aromatic carbocycles. The molecule has 0 spiro atoms. The third-order valence-electron chi connectivity index (χ3n) is 2.27. The predicted octanol–water partition coefficient (Wildman–Crippen LogP) is 1.97. The third kappa shape index (κ3) is 4.50. The third-order valence-corrected chi connectivity index (χ3v) is 2.76. The first-order chi connectivity index (χ1) is 8.56. The van der Waals surface area contributed by atoms with Crippen LogP contribution in [0.5, 0.6) is 5.75 Å². The smallest absolute Gasteiger partial charge is 0.244 e. The van der Waals surface area contributed by atoms with Crippen molar-refractivity contribution in [1.82, 2.24) is 5.32 Å². The molecule has 0 aliphatic rings. The molecule has 0 bridgehead atoms. The van der Waals surface area contributed by atoms with Crippen LogP contribution in [0.4, 0.5) is 0 Å². The van der Waals surface area contributed by atoms with Gasteiger partial charge in [-0.2, -0.15) is 0 Å². The number of benzene rings is 1. The standard InChI is InChI=1S/C13H16BrNO3/c1-9(8-16)15-13(17)6-3-10-7-11(14)4-5-12(10)18-2/h3-7,9,16H,8H2,1-2H3,(H,15,17)/b6-3+. The lowest BCUT2D eigenvalue weighted by Crippen LogP contribution is -2.33. The predicted molar refractivity (Wildman–Crippen MR) is 74.4 cm³/mol. The van der Waals surface area contributed by atoms with Crippen LogP contribution in [0.1, 0.15) is 12.5 Å².